The van der Waals surface area contributed by atoms with E-state index in [1.807, 2.05) is 66.5 Å². The third-order valence-electron chi connectivity index (χ3n) is 3.03. The lowest BCUT2D eigenvalue weighted by atomic mass is 10.0. The van der Waals surface area contributed by atoms with Gasteiger partial charge in [0.2, 0.25) is 0 Å². The van der Waals surface area contributed by atoms with Gasteiger partial charge < -0.3 is 10.0 Å². The first-order valence-electron chi connectivity index (χ1n) is 6.25. The van der Waals surface area contributed by atoms with Crippen LogP contribution >= 0.6 is 0 Å². The number of hydrogen-bond donors (Lipinski definition) is 1. The second-order valence-corrected chi connectivity index (χ2v) is 4.36. The molecule has 0 fully saturated rings. The highest BCUT2D eigenvalue weighted by atomic mass is 16.3. The third kappa shape index (κ3) is 3.01. The van der Waals surface area contributed by atoms with Crippen molar-refractivity contribution in [2.75, 3.05) is 25.1 Å². The largest absolute Gasteiger partial charge is 0.395 e. The summed E-state index contributed by atoms with van der Waals surface area (Å²) in [5.74, 6) is 0.000916. The summed E-state index contributed by atoms with van der Waals surface area (Å²) in [6.45, 7) is 0.559. The lowest BCUT2D eigenvalue weighted by molar-refractivity contribution is 0.103. The molecule has 0 saturated heterocycles. The lowest BCUT2D eigenvalue weighted by Gasteiger charge is -2.20. The number of aliphatic hydroxyl groups excluding tert-OH is 1. The number of likely N-dealkylation sites (N-methyl/N-ethyl adjacent to an activating group) is 1. The van der Waals surface area contributed by atoms with Gasteiger partial charge in [0.15, 0.2) is 5.78 Å². The second-order valence-electron chi connectivity index (χ2n) is 4.36. The molecule has 0 unspecified atom stereocenters. The average Bonchev–Trinajstić information content (AvgIpc) is 2.47. The van der Waals surface area contributed by atoms with Gasteiger partial charge in [-0.2, -0.15) is 0 Å². The molecule has 0 aliphatic heterocycles. The van der Waals surface area contributed by atoms with Crippen molar-refractivity contribution < 1.29 is 9.90 Å². The van der Waals surface area contributed by atoms with Gasteiger partial charge in [-0.15, -0.1) is 0 Å². The Morgan fingerprint density at radius 2 is 1.68 bits per heavy atom. The van der Waals surface area contributed by atoms with Crippen molar-refractivity contribution in [3.05, 3.63) is 65.7 Å². The Bertz CT molecular complexity index is 552. The molecule has 3 heteroatoms. The van der Waals surface area contributed by atoms with E-state index in [-0.39, 0.29) is 12.4 Å². The summed E-state index contributed by atoms with van der Waals surface area (Å²) in [7, 11) is 1.87. The van der Waals surface area contributed by atoms with E-state index in [2.05, 4.69) is 0 Å². The highest BCUT2D eigenvalue weighted by Gasteiger charge is 2.14. The first kappa shape index (κ1) is 13.3. The van der Waals surface area contributed by atoms with Crippen molar-refractivity contribution in [1.82, 2.24) is 0 Å². The van der Waals surface area contributed by atoms with Crippen molar-refractivity contribution in [3.63, 3.8) is 0 Å². The van der Waals surface area contributed by atoms with Gasteiger partial charge in [-0.25, -0.2) is 0 Å². The van der Waals surface area contributed by atoms with E-state index in [0.717, 1.165) is 5.69 Å². The van der Waals surface area contributed by atoms with Crippen LogP contribution in [0.5, 0.6) is 0 Å². The van der Waals surface area contributed by atoms with E-state index < -0.39 is 0 Å². The number of aliphatic hydroxyl groups is 1. The highest BCUT2D eigenvalue weighted by molar-refractivity contribution is 6.12. The van der Waals surface area contributed by atoms with Crippen LogP contribution in [0.3, 0.4) is 0 Å². The maximum absolute atomic E-state index is 12.5. The minimum atomic E-state index is 0.000916. The summed E-state index contributed by atoms with van der Waals surface area (Å²) in [6, 6.07) is 16.7. The van der Waals surface area contributed by atoms with Gasteiger partial charge in [0.1, 0.15) is 0 Å². The van der Waals surface area contributed by atoms with Crippen LogP contribution in [0.2, 0.25) is 0 Å². The maximum Gasteiger partial charge on any atom is 0.195 e. The van der Waals surface area contributed by atoms with Crippen LogP contribution in [-0.2, 0) is 0 Å². The number of rotatable bonds is 5. The number of nitrogens with zero attached hydrogens (tertiary/aromatic N) is 1. The van der Waals surface area contributed by atoms with Crippen molar-refractivity contribution in [2.24, 2.45) is 0 Å². The van der Waals surface area contributed by atoms with Crippen LogP contribution in [0.15, 0.2) is 54.6 Å². The van der Waals surface area contributed by atoms with Gasteiger partial charge in [-0.05, 0) is 12.1 Å². The number of para-hydroxylation sites is 1. The minimum absolute atomic E-state index is 0.000916. The topological polar surface area (TPSA) is 40.5 Å². The fourth-order valence-electron chi connectivity index (χ4n) is 2.01. The molecule has 0 radical (unpaired) electrons. The van der Waals surface area contributed by atoms with Crippen LogP contribution < -0.4 is 4.90 Å². The Balaban J connectivity index is 2.37. The molecular formula is C16H17NO2. The molecule has 0 spiro atoms. The molecule has 0 bridgehead atoms. The molecule has 0 aromatic heterocycles. The Morgan fingerprint density at radius 1 is 1.05 bits per heavy atom. The van der Waals surface area contributed by atoms with Crippen LogP contribution in [0.1, 0.15) is 15.9 Å². The van der Waals surface area contributed by atoms with Gasteiger partial charge in [-0.3, -0.25) is 4.79 Å². The minimum Gasteiger partial charge on any atom is -0.395 e. The first-order valence-corrected chi connectivity index (χ1v) is 6.25. The molecular weight excluding hydrogens is 238 g/mol. The van der Waals surface area contributed by atoms with Gasteiger partial charge >= 0.3 is 0 Å². The maximum atomic E-state index is 12.5. The Morgan fingerprint density at radius 3 is 2.37 bits per heavy atom. The Kier molecular flexibility index (Phi) is 4.31. The smallest absolute Gasteiger partial charge is 0.195 e. The van der Waals surface area contributed by atoms with Crippen molar-refractivity contribution in [3.8, 4) is 0 Å². The van der Waals surface area contributed by atoms with Gasteiger partial charge in [0, 0.05) is 30.4 Å². The normalized spacial score (nSPS) is 10.2. The SMILES string of the molecule is CN(CCO)c1ccccc1C(=O)c1ccccc1. The van der Waals surface area contributed by atoms with Crippen molar-refractivity contribution >= 4 is 11.5 Å². The monoisotopic (exact) mass is 255 g/mol. The summed E-state index contributed by atoms with van der Waals surface area (Å²) < 4.78 is 0. The fraction of sp³-hybridized carbons (Fsp3) is 0.188. The summed E-state index contributed by atoms with van der Waals surface area (Å²) in [5.41, 5.74) is 2.17. The van der Waals surface area contributed by atoms with Crippen LogP contribution in [0.4, 0.5) is 5.69 Å². The van der Waals surface area contributed by atoms with E-state index in [1.165, 1.54) is 0 Å². The second kappa shape index (κ2) is 6.16. The van der Waals surface area contributed by atoms with Crippen molar-refractivity contribution in [1.29, 1.82) is 0 Å². The molecule has 0 amide bonds. The van der Waals surface area contributed by atoms with E-state index in [1.54, 1.807) is 0 Å². The summed E-state index contributed by atoms with van der Waals surface area (Å²) in [4.78, 5) is 14.4. The van der Waals surface area contributed by atoms with E-state index in [0.29, 0.717) is 17.7 Å². The number of ketones is 1. The molecule has 3 nitrogen and oxygen atoms in total. The van der Waals surface area contributed by atoms with E-state index >= 15 is 0 Å². The van der Waals surface area contributed by atoms with Crippen molar-refractivity contribution in [2.45, 2.75) is 0 Å². The van der Waals surface area contributed by atoms with Crippen LogP contribution in [0.25, 0.3) is 0 Å². The number of anilines is 1. The fourth-order valence-corrected chi connectivity index (χ4v) is 2.01. The zero-order valence-electron chi connectivity index (χ0n) is 10.9. The first-order chi connectivity index (χ1) is 9.24. The molecule has 2 aromatic rings. The third-order valence-corrected chi connectivity index (χ3v) is 3.03. The average molecular weight is 255 g/mol. The predicted molar refractivity (Wildman–Crippen MR) is 76.7 cm³/mol. The van der Waals surface area contributed by atoms with Crippen LogP contribution in [-0.4, -0.2) is 31.1 Å². The molecule has 0 aliphatic rings. The number of hydrogen-bond acceptors (Lipinski definition) is 3. The molecule has 2 rings (SSSR count). The quantitative estimate of drug-likeness (QED) is 0.834. The van der Waals surface area contributed by atoms with E-state index in [9.17, 15) is 4.79 Å². The summed E-state index contributed by atoms with van der Waals surface area (Å²) in [6.07, 6.45) is 0. The lowest BCUT2D eigenvalue weighted by Crippen LogP contribution is -2.23. The molecule has 19 heavy (non-hydrogen) atoms. The molecule has 0 saturated carbocycles. The summed E-state index contributed by atoms with van der Waals surface area (Å²) >= 11 is 0. The summed E-state index contributed by atoms with van der Waals surface area (Å²) in [5, 5.41) is 9.02. The zero-order valence-corrected chi connectivity index (χ0v) is 10.9. The Hall–Kier alpha value is -2.13. The van der Waals surface area contributed by atoms with Gasteiger partial charge in [0.05, 0.1) is 6.61 Å². The molecule has 1 N–H and O–H groups in total. The molecule has 0 heterocycles. The number of benzene rings is 2. The van der Waals surface area contributed by atoms with E-state index in [4.69, 9.17) is 5.11 Å². The van der Waals surface area contributed by atoms with Crippen LogP contribution in [0, 0.1) is 0 Å². The Labute approximate surface area is 113 Å². The molecule has 0 aliphatic carbocycles. The number of carbonyl (C=O) groups is 1. The molecule has 0 atom stereocenters. The van der Waals surface area contributed by atoms with Gasteiger partial charge in [0.25, 0.3) is 0 Å². The molecule has 98 valence electrons. The number of carbonyl (C=O) groups excluding carboxylic acids is 1. The van der Waals surface area contributed by atoms with Gasteiger partial charge in [-0.1, -0.05) is 42.5 Å². The predicted octanol–water partition coefficient (Wildman–Crippen LogP) is 2.35. The highest BCUT2D eigenvalue weighted by Crippen LogP contribution is 2.22. The standard InChI is InChI=1S/C16H17NO2/c1-17(11-12-18)15-10-6-5-9-14(15)16(19)13-7-3-2-4-8-13/h2-10,18H,11-12H2,1H3. The molecule has 2 aromatic carbocycles. The zero-order chi connectivity index (χ0) is 13.7.